The number of rotatable bonds is 3. The average molecular weight is 276 g/mol. The normalized spacial score (nSPS) is 22.8. The first-order valence-electron chi connectivity index (χ1n) is 7.60. The molecule has 1 fully saturated rings. The molecule has 2 atom stereocenters. The zero-order valence-electron chi connectivity index (χ0n) is 13.2. The summed E-state index contributed by atoms with van der Waals surface area (Å²) in [4.78, 5) is 2.38. The SMILES string of the molecule is CC1CN(C(CO)c2ccc(C(C)(C)C)cc2)CCN1. The number of piperazine rings is 1. The Balaban J connectivity index is 2.15. The van der Waals surface area contributed by atoms with E-state index in [1.54, 1.807) is 0 Å². The lowest BCUT2D eigenvalue weighted by atomic mass is 9.86. The van der Waals surface area contributed by atoms with Crippen LogP contribution in [0, 0.1) is 0 Å². The number of aliphatic hydroxyl groups is 1. The number of hydrogen-bond donors (Lipinski definition) is 2. The van der Waals surface area contributed by atoms with E-state index in [9.17, 15) is 5.11 Å². The van der Waals surface area contributed by atoms with Gasteiger partial charge in [0.1, 0.15) is 0 Å². The van der Waals surface area contributed by atoms with Gasteiger partial charge in [-0.2, -0.15) is 0 Å². The van der Waals surface area contributed by atoms with Gasteiger partial charge >= 0.3 is 0 Å². The molecule has 20 heavy (non-hydrogen) atoms. The van der Waals surface area contributed by atoms with Gasteiger partial charge in [0.2, 0.25) is 0 Å². The Bertz CT molecular complexity index is 422. The molecule has 1 saturated heterocycles. The molecule has 0 saturated carbocycles. The van der Waals surface area contributed by atoms with E-state index in [0.29, 0.717) is 6.04 Å². The van der Waals surface area contributed by atoms with Crippen LogP contribution < -0.4 is 5.32 Å². The van der Waals surface area contributed by atoms with Gasteiger partial charge in [-0.05, 0) is 23.5 Å². The molecule has 2 N–H and O–H groups in total. The van der Waals surface area contributed by atoms with Crippen LogP contribution in [0.25, 0.3) is 0 Å². The summed E-state index contributed by atoms with van der Waals surface area (Å²) in [7, 11) is 0. The Morgan fingerprint density at radius 3 is 2.45 bits per heavy atom. The van der Waals surface area contributed by atoms with E-state index in [2.05, 4.69) is 62.2 Å². The van der Waals surface area contributed by atoms with Crippen LogP contribution in [-0.2, 0) is 5.41 Å². The summed E-state index contributed by atoms with van der Waals surface area (Å²) >= 11 is 0. The highest BCUT2D eigenvalue weighted by atomic mass is 16.3. The summed E-state index contributed by atoms with van der Waals surface area (Å²) in [6.45, 7) is 12.0. The van der Waals surface area contributed by atoms with Gasteiger partial charge in [-0.25, -0.2) is 0 Å². The van der Waals surface area contributed by atoms with Crippen molar-refractivity contribution >= 4 is 0 Å². The molecule has 3 heteroatoms. The highest BCUT2D eigenvalue weighted by Gasteiger charge is 2.24. The molecule has 0 radical (unpaired) electrons. The molecule has 0 spiro atoms. The first kappa shape index (κ1) is 15.5. The highest BCUT2D eigenvalue weighted by molar-refractivity contribution is 5.29. The van der Waals surface area contributed by atoms with E-state index in [1.807, 2.05) is 0 Å². The average Bonchev–Trinajstić information content (AvgIpc) is 2.39. The van der Waals surface area contributed by atoms with E-state index in [4.69, 9.17) is 0 Å². The summed E-state index contributed by atoms with van der Waals surface area (Å²) in [5.74, 6) is 0. The summed E-state index contributed by atoms with van der Waals surface area (Å²) < 4.78 is 0. The van der Waals surface area contributed by atoms with Gasteiger partial charge in [-0.15, -0.1) is 0 Å². The molecule has 1 aliphatic heterocycles. The van der Waals surface area contributed by atoms with Crippen molar-refractivity contribution < 1.29 is 5.11 Å². The van der Waals surface area contributed by atoms with Gasteiger partial charge in [-0.1, -0.05) is 45.0 Å². The predicted octanol–water partition coefficient (Wildman–Crippen LogP) is 2.31. The first-order chi connectivity index (χ1) is 9.41. The van der Waals surface area contributed by atoms with Gasteiger partial charge < -0.3 is 10.4 Å². The van der Waals surface area contributed by atoms with E-state index in [-0.39, 0.29) is 18.1 Å². The minimum absolute atomic E-state index is 0.119. The molecule has 3 nitrogen and oxygen atoms in total. The van der Waals surface area contributed by atoms with Crippen molar-refractivity contribution in [3.63, 3.8) is 0 Å². The second-order valence-electron chi connectivity index (χ2n) is 6.92. The van der Waals surface area contributed by atoms with Crippen LogP contribution in [-0.4, -0.2) is 42.3 Å². The monoisotopic (exact) mass is 276 g/mol. The lowest BCUT2D eigenvalue weighted by Gasteiger charge is -2.37. The van der Waals surface area contributed by atoms with Gasteiger partial charge in [0.25, 0.3) is 0 Å². The van der Waals surface area contributed by atoms with Crippen molar-refractivity contribution in [2.24, 2.45) is 0 Å². The summed E-state index contributed by atoms with van der Waals surface area (Å²) in [6, 6.07) is 9.36. The number of hydrogen-bond acceptors (Lipinski definition) is 3. The van der Waals surface area contributed by atoms with Crippen LogP contribution in [0.2, 0.25) is 0 Å². The smallest absolute Gasteiger partial charge is 0.0628 e. The maximum absolute atomic E-state index is 9.79. The molecule has 112 valence electrons. The highest BCUT2D eigenvalue weighted by Crippen LogP contribution is 2.26. The molecule has 0 aliphatic carbocycles. The summed E-state index contributed by atoms with van der Waals surface area (Å²) in [5, 5.41) is 13.2. The fraction of sp³-hybridized carbons (Fsp3) is 0.647. The molecule has 0 aromatic heterocycles. The van der Waals surface area contributed by atoms with Gasteiger partial charge in [0.05, 0.1) is 12.6 Å². The quantitative estimate of drug-likeness (QED) is 0.889. The second kappa shape index (κ2) is 6.25. The predicted molar refractivity (Wildman–Crippen MR) is 84.0 cm³/mol. The fourth-order valence-electron chi connectivity index (χ4n) is 2.88. The Morgan fingerprint density at radius 1 is 1.30 bits per heavy atom. The molecule has 0 amide bonds. The third-order valence-electron chi connectivity index (χ3n) is 4.18. The largest absolute Gasteiger partial charge is 0.394 e. The lowest BCUT2D eigenvalue weighted by Crippen LogP contribution is -2.50. The maximum Gasteiger partial charge on any atom is 0.0628 e. The van der Waals surface area contributed by atoms with Crippen LogP contribution in [0.1, 0.15) is 44.9 Å². The van der Waals surface area contributed by atoms with E-state index in [0.717, 1.165) is 19.6 Å². The van der Waals surface area contributed by atoms with Crippen molar-refractivity contribution in [3.05, 3.63) is 35.4 Å². The first-order valence-corrected chi connectivity index (χ1v) is 7.60. The van der Waals surface area contributed by atoms with Crippen molar-refractivity contribution in [2.45, 2.75) is 45.2 Å². The Morgan fingerprint density at radius 2 is 1.95 bits per heavy atom. The number of nitrogens with zero attached hydrogens (tertiary/aromatic N) is 1. The minimum Gasteiger partial charge on any atom is -0.394 e. The molecular formula is C17H28N2O. The van der Waals surface area contributed by atoms with E-state index < -0.39 is 0 Å². The van der Waals surface area contributed by atoms with Gasteiger partial charge in [0.15, 0.2) is 0 Å². The van der Waals surface area contributed by atoms with Gasteiger partial charge in [0, 0.05) is 25.7 Å². The van der Waals surface area contributed by atoms with Crippen molar-refractivity contribution in [2.75, 3.05) is 26.2 Å². The van der Waals surface area contributed by atoms with Crippen molar-refractivity contribution in [3.8, 4) is 0 Å². The number of aliphatic hydroxyl groups excluding tert-OH is 1. The molecule has 1 aliphatic rings. The molecule has 1 heterocycles. The molecule has 2 unspecified atom stereocenters. The lowest BCUT2D eigenvalue weighted by molar-refractivity contribution is 0.0962. The van der Waals surface area contributed by atoms with Crippen LogP contribution in [0.3, 0.4) is 0 Å². The molecular weight excluding hydrogens is 248 g/mol. The molecule has 1 aromatic carbocycles. The van der Waals surface area contributed by atoms with Crippen LogP contribution in [0.5, 0.6) is 0 Å². The summed E-state index contributed by atoms with van der Waals surface area (Å²) in [6.07, 6.45) is 0. The molecule has 0 bridgehead atoms. The fourth-order valence-corrected chi connectivity index (χ4v) is 2.88. The van der Waals surface area contributed by atoms with Crippen LogP contribution in [0.15, 0.2) is 24.3 Å². The van der Waals surface area contributed by atoms with Gasteiger partial charge in [-0.3, -0.25) is 4.90 Å². The summed E-state index contributed by atoms with van der Waals surface area (Å²) in [5.41, 5.74) is 2.73. The second-order valence-corrected chi connectivity index (χ2v) is 6.92. The Hall–Kier alpha value is -0.900. The van der Waals surface area contributed by atoms with Crippen LogP contribution >= 0.6 is 0 Å². The zero-order valence-corrected chi connectivity index (χ0v) is 13.2. The Labute approximate surface area is 123 Å². The zero-order chi connectivity index (χ0) is 14.8. The van der Waals surface area contributed by atoms with Crippen molar-refractivity contribution in [1.29, 1.82) is 0 Å². The number of benzene rings is 1. The Kier molecular flexibility index (Phi) is 4.84. The standard InChI is InChI=1S/C17H28N2O/c1-13-11-19(10-9-18-13)16(12-20)14-5-7-15(8-6-14)17(2,3)4/h5-8,13,16,18,20H,9-12H2,1-4H3. The van der Waals surface area contributed by atoms with Crippen LogP contribution in [0.4, 0.5) is 0 Å². The number of nitrogens with one attached hydrogen (secondary N) is 1. The third kappa shape index (κ3) is 3.60. The molecule has 1 aromatic rings. The van der Waals surface area contributed by atoms with Crippen molar-refractivity contribution in [1.82, 2.24) is 10.2 Å². The van der Waals surface area contributed by atoms with E-state index >= 15 is 0 Å². The minimum atomic E-state index is 0.119. The third-order valence-corrected chi connectivity index (χ3v) is 4.18. The maximum atomic E-state index is 9.79. The molecule has 2 rings (SSSR count). The topological polar surface area (TPSA) is 35.5 Å². The van der Waals surface area contributed by atoms with E-state index in [1.165, 1.54) is 11.1 Å².